The van der Waals surface area contributed by atoms with Crippen molar-refractivity contribution < 1.29 is 14.0 Å². The molecule has 0 saturated carbocycles. The molecule has 1 heterocycles. The van der Waals surface area contributed by atoms with Crippen LogP contribution in [0.2, 0.25) is 5.02 Å². The van der Waals surface area contributed by atoms with Gasteiger partial charge in [-0.1, -0.05) is 31.5 Å². The lowest BCUT2D eigenvalue weighted by molar-refractivity contribution is -0.118. The molecule has 0 saturated heterocycles. The zero-order chi connectivity index (χ0) is 19.4. The van der Waals surface area contributed by atoms with E-state index in [4.69, 9.17) is 16.0 Å². The van der Waals surface area contributed by atoms with Gasteiger partial charge in [-0.2, -0.15) is 0 Å². The molecule has 0 aliphatic heterocycles. The number of anilines is 2. The molecule has 0 atom stereocenters. The van der Waals surface area contributed by atoms with E-state index in [0.29, 0.717) is 22.2 Å². The number of rotatable bonds is 5. The summed E-state index contributed by atoms with van der Waals surface area (Å²) in [6.07, 6.45) is 0. The van der Waals surface area contributed by atoms with Crippen molar-refractivity contribution in [2.75, 3.05) is 10.6 Å². The SMILES string of the molecule is CC(C)C(=O)Nc1cccc(NC(=O)c2ccc(-c3ccc(Cl)cc3)o2)c1. The number of amides is 2. The van der Waals surface area contributed by atoms with Gasteiger partial charge in [0.05, 0.1) is 0 Å². The molecule has 1 aromatic heterocycles. The Morgan fingerprint density at radius 3 is 2.26 bits per heavy atom. The van der Waals surface area contributed by atoms with Gasteiger partial charge in [0, 0.05) is 27.9 Å². The number of halogens is 1. The van der Waals surface area contributed by atoms with E-state index in [-0.39, 0.29) is 23.5 Å². The second-order valence-electron chi connectivity index (χ2n) is 6.35. The van der Waals surface area contributed by atoms with Crippen molar-refractivity contribution in [3.63, 3.8) is 0 Å². The summed E-state index contributed by atoms with van der Waals surface area (Å²) < 4.78 is 5.64. The molecule has 0 aliphatic carbocycles. The van der Waals surface area contributed by atoms with Gasteiger partial charge < -0.3 is 15.1 Å². The predicted octanol–water partition coefficient (Wildman–Crippen LogP) is 5.45. The van der Waals surface area contributed by atoms with Crippen LogP contribution >= 0.6 is 11.6 Å². The van der Waals surface area contributed by atoms with Crippen LogP contribution in [0.4, 0.5) is 11.4 Å². The van der Waals surface area contributed by atoms with E-state index in [0.717, 1.165) is 5.56 Å². The molecule has 3 aromatic rings. The molecule has 2 N–H and O–H groups in total. The van der Waals surface area contributed by atoms with Gasteiger partial charge in [0.2, 0.25) is 5.91 Å². The van der Waals surface area contributed by atoms with Crippen molar-refractivity contribution in [1.29, 1.82) is 0 Å². The third-order valence-electron chi connectivity index (χ3n) is 3.87. The van der Waals surface area contributed by atoms with Crippen LogP contribution in [0.3, 0.4) is 0 Å². The molecular formula is C21H19ClN2O3. The Morgan fingerprint density at radius 1 is 0.926 bits per heavy atom. The lowest BCUT2D eigenvalue weighted by atomic mass is 10.2. The normalized spacial score (nSPS) is 10.7. The summed E-state index contributed by atoms with van der Waals surface area (Å²) in [6.45, 7) is 3.63. The first kappa shape index (κ1) is 18.7. The fourth-order valence-corrected chi connectivity index (χ4v) is 2.51. The van der Waals surface area contributed by atoms with E-state index in [1.54, 1.807) is 48.5 Å². The molecule has 0 aliphatic rings. The smallest absolute Gasteiger partial charge is 0.291 e. The number of benzene rings is 2. The second-order valence-corrected chi connectivity index (χ2v) is 6.79. The van der Waals surface area contributed by atoms with Crippen LogP contribution in [0.1, 0.15) is 24.4 Å². The molecule has 5 nitrogen and oxygen atoms in total. The van der Waals surface area contributed by atoms with Gasteiger partial charge in [-0.3, -0.25) is 9.59 Å². The van der Waals surface area contributed by atoms with E-state index in [9.17, 15) is 9.59 Å². The van der Waals surface area contributed by atoms with Gasteiger partial charge >= 0.3 is 0 Å². The fraction of sp³-hybridized carbons (Fsp3) is 0.143. The summed E-state index contributed by atoms with van der Waals surface area (Å²) in [4.78, 5) is 24.2. The molecule has 0 radical (unpaired) electrons. The van der Waals surface area contributed by atoms with Crippen LogP contribution in [0.5, 0.6) is 0 Å². The molecule has 2 amide bonds. The minimum Gasteiger partial charge on any atom is -0.451 e. The molecule has 2 aromatic carbocycles. The highest BCUT2D eigenvalue weighted by Gasteiger charge is 2.13. The lowest BCUT2D eigenvalue weighted by Crippen LogP contribution is -2.18. The summed E-state index contributed by atoms with van der Waals surface area (Å²) in [5.41, 5.74) is 2.01. The number of furan rings is 1. The van der Waals surface area contributed by atoms with E-state index >= 15 is 0 Å². The Bertz CT molecular complexity index is 962. The third-order valence-corrected chi connectivity index (χ3v) is 4.12. The van der Waals surface area contributed by atoms with Gasteiger partial charge in [0.15, 0.2) is 5.76 Å². The standard InChI is InChI=1S/C21H19ClN2O3/c1-13(2)20(25)23-16-4-3-5-17(12-16)24-21(26)19-11-10-18(27-19)14-6-8-15(22)9-7-14/h3-13H,1-2H3,(H,23,25)(H,24,26). The van der Waals surface area contributed by atoms with E-state index in [1.807, 2.05) is 26.0 Å². The third kappa shape index (κ3) is 4.77. The van der Waals surface area contributed by atoms with Crippen LogP contribution in [0.15, 0.2) is 65.1 Å². The lowest BCUT2D eigenvalue weighted by Gasteiger charge is -2.09. The summed E-state index contributed by atoms with van der Waals surface area (Å²) in [5, 5.41) is 6.20. The molecule has 27 heavy (non-hydrogen) atoms. The number of hydrogen-bond acceptors (Lipinski definition) is 3. The largest absolute Gasteiger partial charge is 0.451 e. The van der Waals surface area contributed by atoms with Crippen LogP contribution in [-0.2, 0) is 4.79 Å². The van der Waals surface area contributed by atoms with Crippen LogP contribution in [-0.4, -0.2) is 11.8 Å². The quantitative estimate of drug-likeness (QED) is 0.616. The number of nitrogens with one attached hydrogen (secondary N) is 2. The molecule has 3 rings (SSSR count). The highest BCUT2D eigenvalue weighted by Crippen LogP contribution is 2.24. The van der Waals surface area contributed by atoms with E-state index < -0.39 is 0 Å². The molecule has 0 fully saturated rings. The maximum atomic E-state index is 12.4. The predicted molar refractivity (Wildman–Crippen MR) is 107 cm³/mol. The van der Waals surface area contributed by atoms with Gasteiger partial charge in [-0.15, -0.1) is 0 Å². The Labute approximate surface area is 162 Å². The van der Waals surface area contributed by atoms with E-state index in [1.165, 1.54) is 0 Å². The number of carbonyl (C=O) groups is 2. The van der Waals surface area contributed by atoms with Gasteiger partial charge in [0.25, 0.3) is 5.91 Å². The molecule has 0 unspecified atom stereocenters. The van der Waals surface area contributed by atoms with Crippen molar-refractivity contribution in [1.82, 2.24) is 0 Å². The average Bonchev–Trinajstić information content (AvgIpc) is 3.13. The minimum atomic E-state index is -0.373. The zero-order valence-electron chi connectivity index (χ0n) is 15.0. The Kier molecular flexibility index (Phi) is 5.62. The molecular weight excluding hydrogens is 364 g/mol. The average molecular weight is 383 g/mol. The molecule has 0 spiro atoms. The number of carbonyl (C=O) groups excluding carboxylic acids is 2. The van der Waals surface area contributed by atoms with Crippen molar-refractivity contribution in [2.24, 2.45) is 5.92 Å². The monoisotopic (exact) mass is 382 g/mol. The Morgan fingerprint density at radius 2 is 1.59 bits per heavy atom. The molecule has 6 heteroatoms. The van der Waals surface area contributed by atoms with Crippen LogP contribution in [0, 0.1) is 5.92 Å². The molecule has 138 valence electrons. The summed E-state index contributed by atoms with van der Waals surface area (Å²) in [7, 11) is 0. The first-order chi connectivity index (χ1) is 12.9. The minimum absolute atomic E-state index is 0.0860. The summed E-state index contributed by atoms with van der Waals surface area (Å²) in [6, 6.07) is 17.5. The highest BCUT2D eigenvalue weighted by molar-refractivity contribution is 6.30. The van der Waals surface area contributed by atoms with Gasteiger partial charge in [-0.25, -0.2) is 0 Å². The number of hydrogen-bond donors (Lipinski definition) is 2. The van der Waals surface area contributed by atoms with Crippen LogP contribution < -0.4 is 10.6 Å². The zero-order valence-corrected chi connectivity index (χ0v) is 15.7. The Hall–Kier alpha value is -3.05. The van der Waals surface area contributed by atoms with Gasteiger partial charge in [0.1, 0.15) is 5.76 Å². The van der Waals surface area contributed by atoms with Gasteiger partial charge in [-0.05, 0) is 54.6 Å². The van der Waals surface area contributed by atoms with Crippen LogP contribution in [0.25, 0.3) is 11.3 Å². The summed E-state index contributed by atoms with van der Waals surface area (Å²) >= 11 is 5.89. The first-order valence-electron chi connectivity index (χ1n) is 8.50. The van der Waals surface area contributed by atoms with Crippen molar-refractivity contribution in [3.8, 4) is 11.3 Å². The second kappa shape index (κ2) is 8.10. The van der Waals surface area contributed by atoms with Crippen molar-refractivity contribution in [3.05, 3.63) is 71.4 Å². The maximum Gasteiger partial charge on any atom is 0.291 e. The van der Waals surface area contributed by atoms with E-state index in [2.05, 4.69) is 10.6 Å². The van der Waals surface area contributed by atoms with Crippen molar-refractivity contribution >= 4 is 34.8 Å². The Balaban J connectivity index is 1.71. The fourth-order valence-electron chi connectivity index (χ4n) is 2.38. The molecule has 0 bridgehead atoms. The topological polar surface area (TPSA) is 71.3 Å². The maximum absolute atomic E-state index is 12.4. The summed E-state index contributed by atoms with van der Waals surface area (Å²) in [5.74, 6) is 0.184. The first-order valence-corrected chi connectivity index (χ1v) is 8.88. The van der Waals surface area contributed by atoms with Crippen molar-refractivity contribution in [2.45, 2.75) is 13.8 Å². The highest BCUT2D eigenvalue weighted by atomic mass is 35.5.